The number of nitrogens with one attached hydrogen (secondary N) is 1. The molecule has 0 bridgehead atoms. The number of non-ortho nitro benzene ring substituents is 1. The number of para-hydroxylation sites is 1. The van der Waals surface area contributed by atoms with Gasteiger partial charge in [0.15, 0.2) is 11.5 Å². The Morgan fingerprint density at radius 3 is 2.81 bits per heavy atom. The first-order valence-corrected chi connectivity index (χ1v) is 6.01. The lowest BCUT2D eigenvalue weighted by Gasteiger charge is -2.05. The van der Waals surface area contributed by atoms with Gasteiger partial charge in [-0.25, -0.2) is 0 Å². The van der Waals surface area contributed by atoms with E-state index in [1.54, 1.807) is 30.3 Å². The molecule has 0 radical (unpaired) electrons. The van der Waals surface area contributed by atoms with Crippen LogP contribution in [0.15, 0.2) is 47.6 Å². The van der Waals surface area contributed by atoms with E-state index in [1.165, 1.54) is 25.5 Å². The van der Waals surface area contributed by atoms with Crippen molar-refractivity contribution in [3.05, 3.63) is 58.1 Å². The predicted octanol–water partition coefficient (Wildman–Crippen LogP) is 2.76. The molecule has 0 unspecified atom stereocenters. The summed E-state index contributed by atoms with van der Waals surface area (Å²) in [6.07, 6.45) is 1.40. The smallest absolute Gasteiger partial charge is 0.271 e. The molecular formula is C14H13N3O4. The SMILES string of the molecule is COc1cccc(/C=N/Nc2cccc([N+](=O)[O-])c2)c1O. The van der Waals surface area contributed by atoms with E-state index in [4.69, 9.17) is 4.74 Å². The minimum absolute atomic E-state index is 0.0235. The fourth-order valence-electron chi connectivity index (χ4n) is 1.67. The second-order valence-electron chi connectivity index (χ2n) is 4.08. The molecule has 0 fully saturated rings. The van der Waals surface area contributed by atoms with Crippen LogP contribution in [-0.4, -0.2) is 23.4 Å². The van der Waals surface area contributed by atoms with Gasteiger partial charge in [0.25, 0.3) is 5.69 Å². The molecule has 0 amide bonds. The molecule has 0 atom stereocenters. The molecule has 7 heteroatoms. The molecule has 2 aromatic carbocycles. The first kappa shape index (κ1) is 14.3. The van der Waals surface area contributed by atoms with Crippen LogP contribution >= 0.6 is 0 Å². The van der Waals surface area contributed by atoms with Crippen molar-refractivity contribution in [2.24, 2.45) is 5.10 Å². The number of nitro benzene ring substituents is 1. The van der Waals surface area contributed by atoms with E-state index < -0.39 is 4.92 Å². The Bertz CT molecular complexity index is 686. The number of ether oxygens (including phenoxy) is 1. The van der Waals surface area contributed by atoms with Crippen LogP contribution in [0.25, 0.3) is 0 Å². The third kappa shape index (κ3) is 3.47. The summed E-state index contributed by atoms with van der Waals surface area (Å²) < 4.78 is 4.99. The molecule has 0 saturated carbocycles. The lowest BCUT2D eigenvalue weighted by Crippen LogP contribution is -1.94. The Kier molecular flexibility index (Phi) is 4.35. The van der Waals surface area contributed by atoms with Crippen molar-refractivity contribution in [2.45, 2.75) is 0 Å². The van der Waals surface area contributed by atoms with Gasteiger partial charge in [0.2, 0.25) is 0 Å². The van der Waals surface area contributed by atoms with Gasteiger partial charge in [-0.1, -0.05) is 12.1 Å². The molecule has 21 heavy (non-hydrogen) atoms. The topological polar surface area (TPSA) is 97.0 Å². The van der Waals surface area contributed by atoms with Crippen LogP contribution in [0.5, 0.6) is 11.5 Å². The number of benzene rings is 2. The highest BCUT2D eigenvalue weighted by atomic mass is 16.6. The van der Waals surface area contributed by atoms with Crippen molar-refractivity contribution in [1.29, 1.82) is 0 Å². The number of phenolic OH excluding ortho intramolecular Hbond substituents is 1. The first-order valence-electron chi connectivity index (χ1n) is 6.01. The minimum atomic E-state index is -0.483. The normalized spacial score (nSPS) is 10.5. The Balaban J connectivity index is 2.13. The molecule has 0 saturated heterocycles. The van der Waals surface area contributed by atoms with E-state index in [9.17, 15) is 15.2 Å². The van der Waals surface area contributed by atoms with Crippen LogP contribution in [0.4, 0.5) is 11.4 Å². The number of anilines is 1. The average molecular weight is 287 g/mol. The zero-order chi connectivity index (χ0) is 15.2. The van der Waals surface area contributed by atoms with Crippen LogP contribution in [0.1, 0.15) is 5.56 Å². The van der Waals surface area contributed by atoms with Gasteiger partial charge in [-0.15, -0.1) is 0 Å². The van der Waals surface area contributed by atoms with Crippen molar-refractivity contribution >= 4 is 17.6 Å². The monoisotopic (exact) mass is 287 g/mol. The van der Waals surface area contributed by atoms with Crippen LogP contribution in [0.3, 0.4) is 0 Å². The van der Waals surface area contributed by atoms with E-state index in [2.05, 4.69) is 10.5 Å². The number of nitrogens with zero attached hydrogens (tertiary/aromatic N) is 2. The molecule has 0 spiro atoms. The fourth-order valence-corrected chi connectivity index (χ4v) is 1.67. The van der Waals surface area contributed by atoms with Gasteiger partial charge in [0, 0.05) is 17.7 Å². The number of phenols is 1. The summed E-state index contributed by atoms with van der Waals surface area (Å²) in [5.74, 6) is 0.318. The summed E-state index contributed by atoms with van der Waals surface area (Å²) in [6.45, 7) is 0. The van der Waals surface area contributed by atoms with Crippen molar-refractivity contribution in [3.8, 4) is 11.5 Å². The summed E-state index contributed by atoms with van der Waals surface area (Å²) in [5.41, 5.74) is 3.58. The highest BCUT2D eigenvalue weighted by molar-refractivity contribution is 5.85. The van der Waals surface area contributed by atoms with Crippen molar-refractivity contribution in [3.63, 3.8) is 0 Å². The Morgan fingerprint density at radius 2 is 2.10 bits per heavy atom. The van der Waals surface area contributed by atoms with Gasteiger partial charge in [0.1, 0.15) is 0 Å². The molecule has 108 valence electrons. The number of hydrazone groups is 1. The Morgan fingerprint density at radius 1 is 1.33 bits per heavy atom. The van der Waals surface area contributed by atoms with Gasteiger partial charge in [-0.05, 0) is 18.2 Å². The molecule has 2 rings (SSSR count). The molecule has 0 aromatic heterocycles. The number of rotatable bonds is 5. The minimum Gasteiger partial charge on any atom is -0.504 e. The number of aromatic hydroxyl groups is 1. The summed E-state index contributed by atoms with van der Waals surface area (Å²) >= 11 is 0. The molecule has 2 aromatic rings. The van der Waals surface area contributed by atoms with Crippen LogP contribution < -0.4 is 10.2 Å². The fraction of sp³-hybridized carbons (Fsp3) is 0.0714. The summed E-state index contributed by atoms with van der Waals surface area (Å²) in [7, 11) is 1.46. The molecule has 0 aliphatic heterocycles. The maximum absolute atomic E-state index is 10.7. The summed E-state index contributed by atoms with van der Waals surface area (Å²) in [6, 6.07) is 11.0. The molecule has 0 aliphatic rings. The lowest BCUT2D eigenvalue weighted by molar-refractivity contribution is -0.384. The van der Waals surface area contributed by atoms with Crippen molar-refractivity contribution in [1.82, 2.24) is 0 Å². The average Bonchev–Trinajstić information content (AvgIpc) is 2.49. The van der Waals surface area contributed by atoms with Gasteiger partial charge in [-0.3, -0.25) is 15.5 Å². The van der Waals surface area contributed by atoms with E-state index in [-0.39, 0.29) is 11.4 Å². The van der Waals surface area contributed by atoms with E-state index in [0.717, 1.165) is 0 Å². The van der Waals surface area contributed by atoms with Crippen LogP contribution in [-0.2, 0) is 0 Å². The number of hydrogen-bond donors (Lipinski definition) is 2. The van der Waals surface area contributed by atoms with Crippen LogP contribution in [0.2, 0.25) is 0 Å². The van der Waals surface area contributed by atoms with Gasteiger partial charge < -0.3 is 9.84 Å². The largest absolute Gasteiger partial charge is 0.504 e. The van der Waals surface area contributed by atoms with Crippen LogP contribution in [0, 0.1) is 10.1 Å². The second-order valence-corrected chi connectivity index (χ2v) is 4.08. The molecule has 0 heterocycles. The number of hydrogen-bond acceptors (Lipinski definition) is 6. The van der Waals surface area contributed by atoms with Gasteiger partial charge in [0.05, 0.1) is 23.9 Å². The summed E-state index contributed by atoms with van der Waals surface area (Å²) in [5, 5.41) is 24.5. The van der Waals surface area contributed by atoms with Gasteiger partial charge >= 0.3 is 0 Å². The van der Waals surface area contributed by atoms with E-state index in [0.29, 0.717) is 17.0 Å². The summed E-state index contributed by atoms with van der Waals surface area (Å²) in [4.78, 5) is 10.2. The van der Waals surface area contributed by atoms with Gasteiger partial charge in [-0.2, -0.15) is 5.10 Å². The van der Waals surface area contributed by atoms with Crippen molar-refractivity contribution in [2.75, 3.05) is 12.5 Å². The molecular weight excluding hydrogens is 274 g/mol. The third-order valence-corrected chi connectivity index (χ3v) is 2.70. The predicted molar refractivity (Wildman–Crippen MR) is 79.0 cm³/mol. The molecule has 7 nitrogen and oxygen atoms in total. The lowest BCUT2D eigenvalue weighted by atomic mass is 10.2. The highest BCUT2D eigenvalue weighted by Gasteiger charge is 2.06. The van der Waals surface area contributed by atoms with E-state index >= 15 is 0 Å². The quantitative estimate of drug-likeness (QED) is 0.500. The molecule has 2 N–H and O–H groups in total. The standard InChI is InChI=1S/C14H13N3O4/c1-21-13-7-2-4-10(14(13)18)9-15-16-11-5-3-6-12(8-11)17(19)20/h2-9,16,18H,1H3/b15-9+. The zero-order valence-corrected chi connectivity index (χ0v) is 11.2. The second kappa shape index (κ2) is 6.38. The highest BCUT2D eigenvalue weighted by Crippen LogP contribution is 2.28. The van der Waals surface area contributed by atoms with E-state index in [1.807, 2.05) is 0 Å². The first-order chi connectivity index (χ1) is 10.1. The number of nitro groups is 1. The molecule has 0 aliphatic carbocycles. The maximum Gasteiger partial charge on any atom is 0.271 e. The zero-order valence-electron chi connectivity index (χ0n) is 11.2. The maximum atomic E-state index is 10.7. The third-order valence-electron chi connectivity index (χ3n) is 2.70. The Hall–Kier alpha value is -3.09. The number of methoxy groups -OCH3 is 1. The van der Waals surface area contributed by atoms with Crippen molar-refractivity contribution < 1.29 is 14.8 Å². The Labute approximate surface area is 120 Å².